The fourth-order valence-corrected chi connectivity index (χ4v) is 1.78. The summed E-state index contributed by atoms with van der Waals surface area (Å²) < 4.78 is 79.6. The summed E-state index contributed by atoms with van der Waals surface area (Å²) in [5.74, 6) is -11.6. The van der Waals surface area contributed by atoms with Crippen LogP contribution < -0.4 is 5.73 Å². The smallest absolute Gasteiger partial charge is 0.200 e. The van der Waals surface area contributed by atoms with Gasteiger partial charge < -0.3 is 5.73 Å². The number of benzene rings is 2. The van der Waals surface area contributed by atoms with Crippen LogP contribution in [0.5, 0.6) is 0 Å². The molecule has 0 heterocycles. The van der Waals surface area contributed by atoms with E-state index < -0.39 is 46.5 Å². The lowest BCUT2D eigenvalue weighted by molar-refractivity contribution is 0.366. The van der Waals surface area contributed by atoms with Crippen LogP contribution in [0.15, 0.2) is 24.3 Å². The first-order chi connectivity index (χ1) is 9.36. The van der Waals surface area contributed by atoms with Gasteiger partial charge in [-0.15, -0.1) is 0 Å². The molecule has 2 N–H and O–H groups in total. The highest BCUT2D eigenvalue weighted by Crippen LogP contribution is 2.30. The Morgan fingerprint density at radius 1 is 0.700 bits per heavy atom. The molecule has 0 aliphatic carbocycles. The Kier molecular flexibility index (Phi) is 3.71. The number of nitrogens with two attached hydrogens (primary N) is 1. The molecule has 0 aliphatic rings. The predicted octanol–water partition coefficient (Wildman–Crippen LogP) is 3.57. The van der Waals surface area contributed by atoms with Crippen LogP contribution in [-0.2, 0) is 0 Å². The van der Waals surface area contributed by atoms with E-state index in [9.17, 15) is 26.3 Å². The van der Waals surface area contributed by atoms with Crippen molar-refractivity contribution in [3.8, 4) is 0 Å². The third-order valence-electron chi connectivity index (χ3n) is 2.80. The summed E-state index contributed by atoms with van der Waals surface area (Å²) >= 11 is 0. The number of hydrogen-bond donors (Lipinski definition) is 1. The standard InChI is InChI=1S/C13H7F6N/c14-6-4-2-1-3-5(6)13(20)7-8(15)10(17)12(19)11(18)9(7)16/h1-4,13H,20H2. The first-order valence-corrected chi connectivity index (χ1v) is 5.37. The highest BCUT2D eigenvalue weighted by Gasteiger charge is 2.30. The van der Waals surface area contributed by atoms with Crippen LogP contribution in [0, 0.1) is 34.9 Å². The zero-order valence-corrected chi connectivity index (χ0v) is 9.73. The monoisotopic (exact) mass is 291 g/mol. The molecule has 2 rings (SSSR count). The van der Waals surface area contributed by atoms with E-state index in [1.54, 1.807) is 0 Å². The molecular weight excluding hydrogens is 284 g/mol. The average molecular weight is 291 g/mol. The van der Waals surface area contributed by atoms with Gasteiger partial charge in [-0.3, -0.25) is 0 Å². The Hall–Kier alpha value is -2.02. The normalized spacial score (nSPS) is 12.6. The molecule has 0 bridgehead atoms. The van der Waals surface area contributed by atoms with Crippen LogP contribution in [0.2, 0.25) is 0 Å². The molecule has 0 radical (unpaired) electrons. The molecule has 106 valence electrons. The van der Waals surface area contributed by atoms with Crippen molar-refractivity contribution in [1.82, 2.24) is 0 Å². The van der Waals surface area contributed by atoms with Gasteiger partial charge in [0.15, 0.2) is 23.3 Å². The number of rotatable bonds is 2. The van der Waals surface area contributed by atoms with Gasteiger partial charge in [0.2, 0.25) is 5.82 Å². The minimum absolute atomic E-state index is 0.379. The topological polar surface area (TPSA) is 26.0 Å². The molecule has 1 unspecified atom stereocenters. The van der Waals surface area contributed by atoms with Gasteiger partial charge in [-0.25, -0.2) is 26.3 Å². The van der Waals surface area contributed by atoms with Crippen LogP contribution in [-0.4, -0.2) is 0 Å². The second-order valence-electron chi connectivity index (χ2n) is 3.98. The molecule has 0 spiro atoms. The maximum absolute atomic E-state index is 13.5. The Labute approximate surface area is 109 Å². The Balaban J connectivity index is 2.68. The van der Waals surface area contributed by atoms with Gasteiger partial charge in [0, 0.05) is 5.56 Å². The van der Waals surface area contributed by atoms with Gasteiger partial charge in [0.1, 0.15) is 5.82 Å². The molecule has 7 heteroatoms. The van der Waals surface area contributed by atoms with Crippen molar-refractivity contribution in [1.29, 1.82) is 0 Å². The lowest BCUT2D eigenvalue weighted by Crippen LogP contribution is -2.20. The fraction of sp³-hybridized carbons (Fsp3) is 0.0769. The lowest BCUT2D eigenvalue weighted by Gasteiger charge is -2.16. The molecule has 0 amide bonds. The lowest BCUT2D eigenvalue weighted by atomic mass is 9.97. The SMILES string of the molecule is NC(c1ccccc1F)c1c(F)c(F)c(F)c(F)c1F. The summed E-state index contributed by atoms with van der Waals surface area (Å²) in [6, 6.07) is 2.86. The summed E-state index contributed by atoms with van der Waals surface area (Å²) in [5.41, 5.74) is 3.78. The fourth-order valence-electron chi connectivity index (χ4n) is 1.78. The Morgan fingerprint density at radius 3 is 1.65 bits per heavy atom. The van der Waals surface area contributed by atoms with Crippen molar-refractivity contribution in [2.45, 2.75) is 6.04 Å². The van der Waals surface area contributed by atoms with Crippen molar-refractivity contribution in [3.63, 3.8) is 0 Å². The van der Waals surface area contributed by atoms with E-state index in [1.165, 1.54) is 12.1 Å². The maximum Gasteiger partial charge on any atom is 0.200 e. The van der Waals surface area contributed by atoms with Gasteiger partial charge in [0.05, 0.1) is 11.6 Å². The maximum atomic E-state index is 13.5. The summed E-state index contributed by atoms with van der Waals surface area (Å²) in [6.45, 7) is 0. The largest absolute Gasteiger partial charge is 0.320 e. The van der Waals surface area contributed by atoms with E-state index in [0.29, 0.717) is 0 Å². The first-order valence-electron chi connectivity index (χ1n) is 5.37. The van der Waals surface area contributed by atoms with Crippen LogP contribution in [0.4, 0.5) is 26.3 Å². The van der Waals surface area contributed by atoms with Gasteiger partial charge in [-0.2, -0.15) is 0 Å². The Bertz CT molecular complexity index is 641. The molecule has 0 fully saturated rings. The van der Waals surface area contributed by atoms with E-state index in [0.717, 1.165) is 12.1 Å². The van der Waals surface area contributed by atoms with Crippen molar-refractivity contribution >= 4 is 0 Å². The molecule has 20 heavy (non-hydrogen) atoms. The first kappa shape index (κ1) is 14.4. The molecule has 1 nitrogen and oxygen atoms in total. The van der Waals surface area contributed by atoms with E-state index >= 15 is 0 Å². The minimum Gasteiger partial charge on any atom is -0.320 e. The third kappa shape index (κ3) is 2.14. The van der Waals surface area contributed by atoms with Gasteiger partial charge in [0.25, 0.3) is 0 Å². The van der Waals surface area contributed by atoms with E-state index in [4.69, 9.17) is 5.73 Å². The highest BCUT2D eigenvalue weighted by atomic mass is 19.2. The van der Waals surface area contributed by atoms with Crippen LogP contribution in [0.1, 0.15) is 17.2 Å². The quantitative estimate of drug-likeness (QED) is 0.511. The number of hydrogen-bond acceptors (Lipinski definition) is 1. The summed E-state index contributed by atoms with van der Waals surface area (Å²) in [6.07, 6.45) is 0. The zero-order valence-electron chi connectivity index (χ0n) is 9.73. The molecular formula is C13H7F6N. The zero-order chi connectivity index (χ0) is 15.0. The van der Waals surface area contributed by atoms with Gasteiger partial charge in [-0.05, 0) is 6.07 Å². The molecule has 2 aromatic rings. The third-order valence-corrected chi connectivity index (χ3v) is 2.80. The van der Waals surface area contributed by atoms with E-state index in [2.05, 4.69) is 0 Å². The summed E-state index contributed by atoms with van der Waals surface area (Å²) in [5, 5.41) is 0. The van der Waals surface area contributed by atoms with Crippen LogP contribution in [0.25, 0.3) is 0 Å². The van der Waals surface area contributed by atoms with Crippen molar-refractivity contribution in [3.05, 3.63) is 70.3 Å². The van der Waals surface area contributed by atoms with E-state index in [1.807, 2.05) is 0 Å². The highest BCUT2D eigenvalue weighted by molar-refractivity contribution is 5.35. The molecule has 0 aliphatic heterocycles. The van der Waals surface area contributed by atoms with Crippen molar-refractivity contribution < 1.29 is 26.3 Å². The molecule has 0 saturated heterocycles. The molecule has 0 saturated carbocycles. The average Bonchev–Trinajstić information content (AvgIpc) is 2.43. The van der Waals surface area contributed by atoms with Gasteiger partial charge in [-0.1, -0.05) is 18.2 Å². The van der Waals surface area contributed by atoms with Crippen LogP contribution >= 0.6 is 0 Å². The van der Waals surface area contributed by atoms with Crippen molar-refractivity contribution in [2.24, 2.45) is 5.73 Å². The van der Waals surface area contributed by atoms with E-state index in [-0.39, 0.29) is 5.56 Å². The Morgan fingerprint density at radius 2 is 1.15 bits per heavy atom. The van der Waals surface area contributed by atoms with Crippen molar-refractivity contribution in [2.75, 3.05) is 0 Å². The predicted molar refractivity (Wildman–Crippen MR) is 58.7 cm³/mol. The number of halogens is 6. The van der Waals surface area contributed by atoms with Gasteiger partial charge >= 0.3 is 0 Å². The second-order valence-corrected chi connectivity index (χ2v) is 3.98. The second kappa shape index (κ2) is 5.16. The molecule has 1 atom stereocenters. The minimum atomic E-state index is -2.29. The molecule has 2 aromatic carbocycles. The van der Waals surface area contributed by atoms with Crippen LogP contribution in [0.3, 0.4) is 0 Å². The summed E-state index contributed by atoms with van der Waals surface area (Å²) in [7, 11) is 0. The molecule has 0 aromatic heterocycles. The summed E-state index contributed by atoms with van der Waals surface area (Å²) in [4.78, 5) is 0.